The molecule has 0 radical (unpaired) electrons. The van der Waals surface area contributed by atoms with E-state index in [0.717, 1.165) is 0 Å². The van der Waals surface area contributed by atoms with Gasteiger partial charge in [-0.3, -0.25) is 0 Å². The fourth-order valence-electron chi connectivity index (χ4n) is 2.26. The van der Waals surface area contributed by atoms with Crippen molar-refractivity contribution in [3.8, 4) is 5.88 Å². The minimum Gasteiger partial charge on any atom is -0.479 e. The number of nitrogens with two attached hydrogens (primary N) is 1. The summed E-state index contributed by atoms with van der Waals surface area (Å²) in [5.41, 5.74) is 6.78. The van der Waals surface area contributed by atoms with Crippen molar-refractivity contribution in [2.75, 3.05) is 33.7 Å². The lowest BCUT2D eigenvalue weighted by molar-refractivity contribution is -0.117. The van der Waals surface area contributed by atoms with Gasteiger partial charge >= 0.3 is 0 Å². The summed E-state index contributed by atoms with van der Waals surface area (Å²) in [6, 6.07) is 0. The number of aliphatic hydroxyl groups excluding tert-OH is 1. The molecule has 0 fully saturated rings. The minimum absolute atomic E-state index is 0.0133. The van der Waals surface area contributed by atoms with Crippen molar-refractivity contribution in [2.24, 2.45) is 5.92 Å². The Morgan fingerprint density at radius 3 is 2.59 bits per heavy atom. The Morgan fingerprint density at radius 1 is 1.27 bits per heavy atom. The molecule has 0 aliphatic rings. The van der Waals surface area contributed by atoms with Gasteiger partial charge in [-0.25, -0.2) is 4.98 Å². The molecular formula is C13H21N5O4. The Bertz CT molecular complexity index is 614. The maximum atomic E-state index is 9.57. The third-order valence-corrected chi connectivity index (χ3v) is 3.41. The number of hydrogen-bond donors (Lipinski definition) is 2. The number of aromatic nitrogens is 4. The van der Waals surface area contributed by atoms with E-state index in [1.807, 2.05) is 0 Å². The van der Waals surface area contributed by atoms with Crippen LogP contribution in [0.5, 0.6) is 5.88 Å². The molecule has 9 heteroatoms. The number of rotatable bonds is 8. The summed E-state index contributed by atoms with van der Waals surface area (Å²) >= 11 is 0. The molecular weight excluding hydrogens is 290 g/mol. The van der Waals surface area contributed by atoms with Crippen LogP contribution < -0.4 is 10.5 Å². The van der Waals surface area contributed by atoms with Gasteiger partial charge in [0.1, 0.15) is 0 Å². The highest BCUT2D eigenvalue weighted by molar-refractivity contribution is 5.77. The molecule has 122 valence electrons. The summed E-state index contributed by atoms with van der Waals surface area (Å²) in [5, 5.41) is 9.57. The molecule has 2 aromatic rings. The fraction of sp³-hybridized carbons (Fsp3) is 0.615. The number of hydrogen-bond acceptors (Lipinski definition) is 8. The van der Waals surface area contributed by atoms with E-state index in [1.165, 1.54) is 7.11 Å². The number of methoxy groups -OCH3 is 3. The summed E-state index contributed by atoms with van der Waals surface area (Å²) in [6.45, 7) is 0.483. The Labute approximate surface area is 128 Å². The Kier molecular flexibility index (Phi) is 5.47. The monoisotopic (exact) mass is 311 g/mol. The summed E-state index contributed by atoms with van der Waals surface area (Å²) in [4.78, 5) is 12.4. The van der Waals surface area contributed by atoms with Crippen molar-refractivity contribution in [1.29, 1.82) is 0 Å². The van der Waals surface area contributed by atoms with Crippen molar-refractivity contribution in [2.45, 2.75) is 19.3 Å². The average molecular weight is 311 g/mol. The van der Waals surface area contributed by atoms with E-state index in [4.69, 9.17) is 19.9 Å². The first-order valence-corrected chi connectivity index (χ1v) is 6.81. The molecule has 0 saturated carbocycles. The zero-order chi connectivity index (χ0) is 16.1. The van der Waals surface area contributed by atoms with Gasteiger partial charge in [0, 0.05) is 39.7 Å². The summed E-state index contributed by atoms with van der Waals surface area (Å²) in [6.07, 6.45) is 1.79. The van der Waals surface area contributed by atoms with Crippen molar-refractivity contribution in [1.82, 2.24) is 19.5 Å². The number of nitrogen functional groups attached to an aromatic ring is 1. The third-order valence-electron chi connectivity index (χ3n) is 3.41. The number of imidazole rings is 1. The number of fused-ring (bicyclic) bond motifs is 1. The highest BCUT2D eigenvalue weighted by atomic mass is 16.7. The molecule has 0 aromatic carbocycles. The van der Waals surface area contributed by atoms with Gasteiger partial charge < -0.3 is 29.6 Å². The number of ether oxygens (including phenoxy) is 3. The van der Waals surface area contributed by atoms with E-state index < -0.39 is 0 Å². The van der Waals surface area contributed by atoms with Gasteiger partial charge in [-0.15, -0.1) is 0 Å². The van der Waals surface area contributed by atoms with Gasteiger partial charge in [0.15, 0.2) is 17.5 Å². The summed E-state index contributed by atoms with van der Waals surface area (Å²) < 4.78 is 17.3. The lowest BCUT2D eigenvalue weighted by Gasteiger charge is -2.20. The van der Waals surface area contributed by atoms with Crippen LogP contribution in [-0.4, -0.2) is 58.9 Å². The van der Waals surface area contributed by atoms with Crippen molar-refractivity contribution >= 4 is 17.1 Å². The van der Waals surface area contributed by atoms with Crippen LogP contribution in [0.1, 0.15) is 6.42 Å². The van der Waals surface area contributed by atoms with Gasteiger partial charge in [0.25, 0.3) is 0 Å². The number of anilines is 1. The second kappa shape index (κ2) is 7.34. The van der Waals surface area contributed by atoms with E-state index in [1.54, 1.807) is 25.1 Å². The first-order chi connectivity index (χ1) is 10.6. The third kappa shape index (κ3) is 3.43. The molecule has 0 aliphatic heterocycles. The Balaban J connectivity index is 2.25. The van der Waals surface area contributed by atoms with Crippen LogP contribution in [0.15, 0.2) is 6.33 Å². The first kappa shape index (κ1) is 16.4. The Morgan fingerprint density at radius 2 is 2.00 bits per heavy atom. The lowest BCUT2D eigenvalue weighted by Crippen LogP contribution is -2.23. The standard InChI is InChI=1S/C13H21N5O4/c1-20-9(21-2)4-8(6-19)5-18-7-15-10-11(18)16-13(14)17-12(10)22-3/h7-9,19H,4-6H2,1-3H3,(H2,14,16,17)/t8-/m1/s1. The van der Waals surface area contributed by atoms with Gasteiger partial charge in [-0.2, -0.15) is 9.97 Å². The van der Waals surface area contributed by atoms with E-state index in [-0.39, 0.29) is 24.8 Å². The van der Waals surface area contributed by atoms with Crippen LogP contribution in [0, 0.1) is 5.92 Å². The quantitative estimate of drug-likeness (QED) is 0.656. The maximum Gasteiger partial charge on any atom is 0.246 e. The molecule has 0 unspecified atom stereocenters. The molecule has 2 aromatic heterocycles. The smallest absolute Gasteiger partial charge is 0.246 e. The molecule has 3 N–H and O–H groups in total. The Hall–Kier alpha value is -1.97. The predicted molar refractivity (Wildman–Crippen MR) is 79.3 cm³/mol. The lowest BCUT2D eigenvalue weighted by atomic mass is 10.1. The van der Waals surface area contributed by atoms with Crippen LogP contribution in [0.2, 0.25) is 0 Å². The van der Waals surface area contributed by atoms with E-state index >= 15 is 0 Å². The first-order valence-electron chi connectivity index (χ1n) is 6.81. The van der Waals surface area contributed by atoms with E-state index in [0.29, 0.717) is 30.0 Å². The van der Waals surface area contributed by atoms with Crippen molar-refractivity contribution < 1.29 is 19.3 Å². The molecule has 0 spiro atoms. The molecule has 0 saturated heterocycles. The van der Waals surface area contributed by atoms with Crippen LogP contribution in [0.25, 0.3) is 11.2 Å². The van der Waals surface area contributed by atoms with Crippen molar-refractivity contribution in [3.05, 3.63) is 6.33 Å². The van der Waals surface area contributed by atoms with Gasteiger partial charge in [0.05, 0.1) is 13.4 Å². The SMILES string of the molecule is COc1nc(N)nc2c1ncn2C[C@H](CO)CC(OC)OC. The predicted octanol–water partition coefficient (Wildman–Crippen LogP) is 0.0346. The maximum absolute atomic E-state index is 9.57. The summed E-state index contributed by atoms with van der Waals surface area (Å²) in [5.74, 6) is 0.358. The second-order valence-corrected chi connectivity index (χ2v) is 4.85. The van der Waals surface area contributed by atoms with Gasteiger partial charge in [0.2, 0.25) is 11.8 Å². The van der Waals surface area contributed by atoms with Crippen LogP contribution in [0.4, 0.5) is 5.95 Å². The highest BCUT2D eigenvalue weighted by Gasteiger charge is 2.19. The molecule has 9 nitrogen and oxygen atoms in total. The fourth-order valence-corrected chi connectivity index (χ4v) is 2.26. The van der Waals surface area contributed by atoms with Crippen LogP contribution >= 0.6 is 0 Å². The average Bonchev–Trinajstić information content (AvgIpc) is 2.93. The molecule has 2 heterocycles. The minimum atomic E-state index is -0.374. The topological polar surface area (TPSA) is 118 Å². The largest absolute Gasteiger partial charge is 0.479 e. The van der Waals surface area contributed by atoms with Gasteiger partial charge in [-0.05, 0) is 0 Å². The van der Waals surface area contributed by atoms with Crippen molar-refractivity contribution in [3.63, 3.8) is 0 Å². The summed E-state index contributed by atoms with van der Waals surface area (Å²) in [7, 11) is 4.63. The van der Waals surface area contributed by atoms with E-state index in [2.05, 4.69) is 15.0 Å². The zero-order valence-corrected chi connectivity index (χ0v) is 12.9. The highest BCUT2D eigenvalue weighted by Crippen LogP contribution is 2.23. The molecule has 2 rings (SSSR count). The molecule has 0 aliphatic carbocycles. The zero-order valence-electron chi connectivity index (χ0n) is 12.9. The number of nitrogens with zero attached hydrogens (tertiary/aromatic N) is 4. The number of aliphatic hydroxyl groups is 1. The second-order valence-electron chi connectivity index (χ2n) is 4.85. The molecule has 0 bridgehead atoms. The van der Waals surface area contributed by atoms with E-state index in [9.17, 15) is 5.11 Å². The van der Waals surface area contributed by atoms with Gasteiger partial charge in [-0.1, -0.05) is 0 Å². The molecule has 1 atom stereocenters. The normalized spacial score (nSPS) is 13.0. The molecule has 22 heavy (non-hydrogen) atoms. The van der Waals surface area contributed by atoms with Crippen LogP contribution in [-0.2, 0) is 16.0 Å². The molecule has 0 amide bonds. The van der Waals surface area contributed by atoms with Crippen LogP contribution in [0.3, 0.4) is 0 Å².